The van der Waals surface area contributed by atoms with Crippen LogP contribution in [0.2, 0.25) is 5.02 Å². The SMILES string of the molecule is Cc1cccc(OCC(=O)N[C@H](C)c2ccccc2Cl)c1C. The first kappa shape index (κ1) is 16.4. The molecule has 1 atom stereocenters. The van der Waals surface area contributed by atoms with E-state index >= 15 is 0 Å². The van der Waals surface area contributed by atoms with Gasteiger partial charge >= 0.3 is 0 Å². The summed E-state index contributed by atoms with van der Waals surface area (Å²) in [6.45, 7) is 5.88. The van der Waals surface area contributed by atoms with E-state index in [4.69, 9.17) is 16.3 Å². The maximum atomic E-state index is 12.0. The van der Waals surface area contributed by atoms with Gasteiger partial charge in [0.15, 0.2) is 6.61 Å². The number of carbonyl (C=O) groups is 1. The summed E-state index contributed by atoms with van der Waals surface area (Å²) in [7, 11) is 0. The maximum absolute atomic E-state index is 12.0. The third-order valence-electron chi connectivity index (χ3n) is 3.66. The van der Waals surface area contributed by atoms with E-state index in [-0.39, 0.29) is 18.6 Å². The number of amides is 1. The van der Waals surface area contributed by atoms with Gasteiger partial charge in [-0.25, -0.2) is 0 Å². The zero-order chi connectivity index (χ0) is 16.1. The molecular formula is C18H20ClNO2. The van der Waals surface area contributed by atoms with Gasteiger partial charge in [0.2, 0.25) is 0 Å². The van der Waals surface area contributed by atoms with E-state index < -0.39 is 0 Å². The van der Waals surface area contributed by atoms with E-state index in [2.05, 4.69) is 5.32 Å². The van der Waals surface area contributed by atoms with E-state index in [1.54, 1.807) is 0 Å². The highest BCUT2D eigenvalue weighted by Crippen LogP contribution is 2.22. The first-order chi connectivity index (χ1) is 10.5. The molecule has 3 nitrogen and oxygen atoms in total. The number of benzene rings is 2. The van der Waals surface area contributed by atoms with Gasteiger partial charge < -0.3 is 10.1 Å². The van der Waals surface area contributed by atoms with Crippen LogP contribution in [0.1, 0.15) is 29.7 Å². The molecule has 1 amide bonds. The Balaban J connectivity index is 1.93. The molecule has 2 aromatic carbocycles. The average Bonchev–Trinajstić information content (AvgIpc) is 2.49. The highest BCUT2D eigenvalue weighted by atomic mass is 35.5. The predicted octanol–water partition coefficient (Wildman–Crippen LogP) is 4.21. The summed E-state index contributed by atoms with van der Waals surface area (Å²) in [4.78, 5) is 12.0. The summed E-state index contributed by atoms with van der Waals surface area (Å²) in [5.74, 6) is 0.564. The molecule has 0 heterocycles. The molecule has 0 aliphatic rings. The average molecular weight is 318 g/mol. The van der Waals surface area contributed by atoms with Crippen molar-refractivity contribution in [3.05, 3.63) is 64.2 Å². The second-order valence-electron chi connectivity index (χ2n) is 5.30. The minimum Gasteiger partial charge on any atom is -0.483 e. The summed E-state index contributed by atoms with van der Waals surface area (Å²) in [5.41, 5.74) is 3.08. The van der Waals surface area contributed by atoms with Gasteiger partial charge in [-0.05, 0) is 49.6 Å². The minimum absolute atomic E-state index is 0.0148. The summed E-state index contributed by atoms with van der Waals surface area (Å²) < 4.78 is 5.60. The molecule has 22 heavy (non-hydrogen) atoms. The lowest BCUT2D eigenvalue weighted by molar-refractivity contribution is -0.123. The Morgan fingerprint density at radius 1 is 1.18 bits per heavy atom. The predicted molar refractivity (Wildman–Crippen MR) is 89.4 cm³/mol. The quantitative estimate of drug-likeness (QED) is 0.897. The number of halogens is 1. The molecule has 0 spiro atoms. The van der Waals surface area contributed by atoms with Crippen molar-refractivity contribution in [3.63, 3.8) is 0 Å². The molecule has 0 fully saturated rings. The fraction of sp³-hybridized carbons (Fsp3) is 0.278. The summed E-state index contributed by atoms with van der Waals surface area (Å²) in [5, 5.41) is 3.54. The highest BCUT2D eigenvalue weighted by molar-refractivity contribution is 6.31. The van der Waals surface area contributed by atoms with Crippen LogP contribution in [0.5, 0.6) is 5.75 Å². The van der Waals surface area contributed by atoms with E-state index in [9.17, 15) is 4.79 Å². The molecule has 0 saturated heterocycles. The van der Waals surface area contributed by atoms with Crippen LogP contribution in [-0.4, -0.2) is 12.5 Å². The second-order valence-corrected chi connectivity index (χ2v) is 5.70. The standard InChI is InChI=1S/C18H20ClNO2/c1-12-7-6-10-17(13(12)2)22-11-18(21)20-14(3)15-8-4-5-9-16(15)19/h4-10,14H,11H2,1-3H3,(H,20,21)/t14-/m1/s1. The Bertz CT molecular complexity index is 670. The van der Waals surface area contributed by atoms with Crippen molar-refractivity contribution in [2.24, 2.45) is 0 Å². The number of ether oxygens (including phenoxy) is 1. The Morgan fingerprint density at radius 2 is 1.91 bits per heavy atom. The van der Waals surface area contributed by atoms with Gasteiger partial charge in [-0.1, -0.05) is 41.9 Å². The van der Waals surface area contributed by atoms with Gasteiger partial charge in [-0.15, -0.1) is 0 Å². The molecular weight excluding hydrogens is 298 g/mol. The molecule has 4 heteroatoms. The molecule has 0 radical (unpaired) electrons. The van der Waals surface area contributed by atoms with E-state index in [0.29, 0.717) is 5.02 Å². The first-order valence-corrected chi connectivity index (χ1v) is 7.59. The Kier molecular flexibility index (Phi) is 5.45. The Labute approximate surface area is 136 Å². The van der Waals surface area contributed by atoms with E-state index in [1.165, 1.54) is 0 Å². The first-order valence-electron chi connectivity index (χ1n) is 7.22. The van der Waals surface area contributed by atoms with Gasteiger partial charge in [0, 0.05) is 5.02 Å². The van der Waals surface area contributed by atoms with Crippen molar-refractivity contribution >= 4 is 17.5 Å². The van der Waals surface area contributed by atoms with Crippen molar-refractivity contribution in [2.45, 2.75) is 26.8 Å². The number of aryl methyl sites for hydroxylation is 1. The number of hydrogen-bond donors (Lipinski definition) is 1. The molecule has 2 aromatic rings. The molecule has 2 rings (SSSR count). The molecule has 0 aromatic heterocycles. The third-order valence-corrected chi connectivity index (χ3v) is 4.01. The summed E-state index contributed by atoms with van der Waals surface area (Å²) in [6, 6.07) is 13.1. The van der Waals surface area contributed by atoms with Gasteiger partial charge in [0.25, 0.3) is 5.91 Å². The zero-order valence-electron chi connectivity index (χ0n) is 13.0. The molecule has 0 aliphatic heterocycles. The largest absolute Gasteiger partial charge is 0.483 e. The second kappa shape index (κ2) is 7.32. The highest BCUT2D eigenvalue weighted by Gasteiger charge is 2.13. The van der Waals surface area contributed by atoms with Crippen molar-refractivity contribution in [1.29, 1.82) is 0 Å². The third kappa shape index (κ3) is 4.01. The molecule has 0 unspecified atom stereocenters. The lowest BCUT2D eigenvalue weighted by Crippen LogP contribution is -2.31. The van der Waals surface area contributed by atoms with Crippen molar-refractivity contribution < 1.29 is 9.53 Å². The number of carbonyl (C=O) groups excluding carboxylic acids is 1. The van der Waals surface area contributed by atoms with Crippen LogP contribution in [-0.2, 0) is 4.79 Å². The van der Waals surface area contributed by atoms with Gasteiger partial charge in [-0.3, -0.25) is 4.79 Å². The Hall–Kier alpha value is -2.00. The normalized spacial score (nSPS) is 11.8. The smallest absolute Gasteiger partial charge is 0.258 e. The van der Waals surface area contributed by atoms with Crippen molar-refractivity contribution in [3.8, 4) is 5.75 Å². The van der Waals surface area contributed by atoms with Gasteiger partial charge in [-0.2, -0.15) is 0 Å². The molecule has 0 aliphatic carbocycles. The van der Waals surface area contributed by atoms with Crippen LogP contribution in [0.15, 0.2) is 42.5 Å². The zero-order valence-corrected chi connectivity index (χ0v) is 13.8. The van der Waals surface area contributed by atoms with Crippen LogP contribution < -0.4 is 10.1 Å². The lowest BCUT2D eigenvalue weighted by Gasteiger charge is -2.16. The number of rotatable bonds is 5. The number of nitrogens with one attached hydrogen (secondary N) is 1. The fourth-order valence-corrected chi connectivity index (χ4v) is 2.51. The fourth-order valence-electron chi connectivity index (χ4n) is 2.21. The molecule has 1 N–H and O–H groups in total. The van der Waals surface area contributed by atoms with Crippen LogP contribution in [0, 0.1) is 13.8 Å². The van der Waals surface area contributed by atoms with E-state index in [0.717, 1.165) is 22.4 Å². The van der Waals surface area contributed by atoms with Crippen LogP contribution in [0.3, 0.4) is 0 Å². The number of hydrogen-bond acceptors (Lipinski definition) is 2. The molecule has 0 bridgehead atoms. The van der Waals surface area contributed by atoms with E-state index in [1.807, 2.05) is 63.2 Å². The summed E-state index contributed by atoms with van der Waals surface area (Å²) in [6.07, 6.45) is 0. The van der Waals surface area contributed by atoms with Crippen LogP contribution in [0.4, 0.5) is 0 Å². The monoisotopic (exact) mass is 317 g/mol. The van der Waals surface area contributed by atoms with Crippen LogP contribution >= 0.6 is 11.6 Å². The molecule has 116 valence electrons. The van der Waals surface area contributed by atoms with Crippen molar-refractivity contribution in [1.82, 2.24) is 5.32 Å². The Morgan fingerprint density at radius 3 is 2.64 bits per heavy atom. The minimum atomic E-state index is -0.173. The topological polar surface area (TPSA) is 38.3 Å². The van der Waals surface area contributed by atoms with Gasteiger partial charge in [0.05, 0.1) is 6.04 Å². The molecule has 0 saturated carbocycles. The van der Waals surface area contributed by atoms with Crippen LogP contribution in [0.25, 0.3) is 0 Å². The van der Waals surface area contributed by atoms with Gasteiger partial charge in [0.1, 0.15) is 5.75 Å². The summed E-state index contributed by atoms with van der Waals surface area (Å²) >= 11 is 6.13. The lowest BCUT2D eigenvalue weighted by atomic mass is 10.1. The maximum Gasteiger partial charge on any atom is 0.258 e. The van der Waals surface area contributed by atoms with Crippen molar-refractivity contribution in [2.75, 3.05) is 6.61 Å².